The van der Waals surface area contributed by atoms with E-state index in [2.05, 4.69) is 4.90 Å². The maximum absolute atomic E-state index is 12.6. The summed E-state index contributed by atoms with van der Waals surface area (Å²) in [6.45, 7) is 4.43. The summed E-state index contributed by atoms with van der Waals surface area (Å²) < 4.78 is 0. The second-order valence-electron chi connectivity index (χ2n) is 6.42. The van der Waals surface area contributed by atoms with Crippen molar-refractivity contribution in [2.24, 2.45) is 5.92 Å². The van der Waals surface area contributed by atoms with E-state index in [0.717, 1.165) is 25.9 Å². The molecular formula is C14H21N3O2. The predicted molar refractivity (Wildman–Crippen MR) is 69.4 cm³/mol. The van der Waals surface area contributed by atoms with Crippen LogP contribution in [-0.2, 0) is 9.59 Å². The van der Waals surface area contributed by atoms with E-state index in [1.807, 2.05) is 4.90 Å². The Labute approximate surface area is 113 Å². The van der Waals surface area contributed by atoms with Gasteiger partial charge in [-0.2, -0.15) is 0 Å². The van der Waals surface area contributed by atoms with E-state index in [1.165, 1.54) is 25.9 Å². The summed E-state index contributed by atoms with van der Waals surface area (Å²) in [5, 5.41) is 0. The maximum Gasteiger partial charge on any atom is 0.246 e. The fourth-order valence-electron chi connectivity index (χ4n) is 4.40. The second-order valence-corrected chi connectivity index (χ2v) is 6.42. The number of rotatable bonds is 1. The van der Waals surface area contributed by atoms with E-state index < -0.39 is 0 Å². The highest BCUT2D eigenvalue weighted by Gasteiger charge is 2.47. The third kappa shape index (κ3) is 1.71. The Hall–Kier alpha value is -1.10. The Morgan fingerprint density at radius 3 is 2.42 bits per heavy atom. The molecule has 5 heteroatoms. The van der Waals surface area contributed by atoms with Gasteiger partial charge in [0.1, 0.15) is 12.6 Å². The first-order chi connectivity index (χ1) is 9.24. The monoisotopic (exact) mass is 263 g/mol. The van der Waals surface area contributed by atoms with Crippen molar-refractivity contribution in [2.75, 3.05) is 32.7 Å². The van der Waals surface area contributed by atoms with Gasteiger partial charge in [0.2, 0.25) is 11.8 Å². The van der Waals surface area contributed by atoms with Crippen molar-refractivity contribution in [1.82, 2.24) is 14.7 Å². The molecule has 5 heterocycles. The fraction of sp³-hybridized carbons (Fsp3) is 0.857. The van der Waals surface area contributed by atoms with Crippen LogP contribution in [0.25, 0.3) is 0 Å². The molecule has 0 aromatic carbocycles. The first kappa shape index (κ1) is 11.7. The molecule has 0 radical (unpaired) electrons. The summed E-state index contributed by atoms with van der Waals surface area (Å²) in [5.74, 6) is 1.00. The van der Waals surface area contributed by atoms with E-state index in [-0.39, 0.29) is 17.9 Å². The van der Waals surface area contributed by atoms with Crippen LogP contribution in [0.2, 0.25) is 0 Å². The van der Waals surface area contributed by atoms with Gasteiger partial charge in [0.05, 0.1) is 0 Å². The number of hydrogen-bond donors (Lipinski definition) is 0. The smallest absolute Gasteiger partial charge is 0.246 e. The van der Waals surface area contributed by atoms with Crippen LogP contribution >= 0.6 is 0 Å². The highest BCUT2D eigenvalue weighted by Crippen LogP contribution is 2.34. The zero-order valence-electron chi connectivity index (χ0n) is 11.3. The van der Waals surface area contributed by atoms with E-state index in [0.29, 0.717) is 18.5 Å². The molecule has 104 valence electrons. The van der Waals surface area contributed by atoms with E-state index >= 15 is 0 Å². The minimum absolute atomic E-state index is 0.142. The van der Waals surface area contributed by atoms with Gasteiger partial charge in [-0.15, -0.1) is 0 Å². The minimum Gasteiger partial charge on any atom is -0.329 e. The molecule has 0 aromatic heterocycles. The van der Waals surface area contributed by atoms with Crippen LogP contribution in [0.5, 0.6) is 0 Å². The summed E-state index contributed by atoms with van der Waals surface area (Å²) >= 11 is 0. The Bertz CT molecular complexity index is 417. The van der Waals surface area contributed by atoms with E-state index in [1.54, 1.807) is 4.90 Å². The highest BCUT2D eigenvalue weighted by atomic mass is 16.2. The molecule has 2 bridgehead atoms. The van der Waals surface area contributed by atoms with Crippen molar-refractivity contribution in [2.45, 2.75) is 37.8 Å². The van der Waals surface area contributed by atoms with Gasteiger partial charge in [-0.1, -0.05) is 0 Å². The average Bonchev–Trinajstić information content (AvgIpc) is 2.94. The van der Waals surface area contributed by atoms with Crippen LogP contribution in [0, 0.1) is 5.92 Å². The molecule has 5 nitrogen and oxygen atoms in total. The maximum atomic E-state index is 12.6. The molecule has 5 saturated heterocycles. The quantitative estimate of drug-likeness (QED) is 0.664. The van der Waals surface area contributed by atoms with Gasteiger partial charge in [-0.05, 0) is 44.7 Å². The summed E-state index contributed by atoms with van der Waals surface area (Å²) in [4.78, 5) is 31.0. The first-order valence-electron chi connectivity index (χ1n) is 7.56. The standard InChI is InChI=1S/C14H21N3O2/c18-13-9-17(14(19)11-2-1-5-16(11)13)12-8-15-6-3-10(12)4-7-15/h10-12H,1-9H2. The molecule has 19 heavy (non-hydrogen) atoms. The lowest BCUT2D eigenvalue weighted by molar-refractivity contribution is -0.159. The Balaban J connectivity index is 1.57. The number of carbonyl (C=O) groups excluding carboxylic acids is 2. The number of amides is 2. The van der Waals surface area contributed by atoms with Crippen molar-refractivity contribution < 1.29 is 9.59 Å². The SMILES string of the molecule is O=C1CN(C2CN3CCC2CC3)C(=O)C2CCCN12. The normalized spacial score (nSPS) is 41.9. The summed E-state index contributed by atoms with van der Waals surface area (Å²) in [6.07, 6.45) is 4.23. The molecule has 0 spiro atoms. The van der Waals surface area contributed by atoms with E-state index in [9.17, 15) is 9.59 Å². The molecule has 2 amide bonds. The van der Waals surface area contributed by atoms with Crippen LogP contribution in [0.4, 0.5) is 0 Å². The highest BCUT2D eigenvalue weighted by molar-refractivity contribution is 5.95. The van der Waals surface area contributed by atoms with Gasteiger partial charge < -0.3 is 14.7 Å². The van der Waals surface area contributed by atoms with Crippen molar-refractivity contribution in [3.63, 3.8) is 0 Å². The lowest BCUT2D eigenvalue weighted by Gasteiger charge is -2.51. The molecule has 2 atom stereocenters. The van der Waals surface area contributed by atoms with Gasteiger partial charge in [0.15, 0.2) is 0 Å². The van der Waals surface area contributed by atoms with Crippen LogP contribution < -0.4 is 0 Å². The van der Waals surface area contributed by atoms with Gasteiger partial charge in [-0.3, -0.25) is 9.59 Å². The van der Waals surface area contributed by atoms with Crippen LogP contribution in [-0.4, -0.2) is 71.3 Å². The number of piperidine rings is 3. The predicted octanol–water partition coefficient (Wildman–Crippen LogP) is -0.0862. The molecule has 5 fully saturated rings. The van der Waals surface area contributed by atoms with E-state index in [4.69, 9.17) is 0 Å². The largest absolute Gasteiger partial charge is 0.329 e. The third-order valence-corrected chi connectivity index (χ3v) is 5.47. The molecule has 0 aromatic rings. The van der Waals surface area contributed by atoms with Crippen LogP contribution in [0.3, 0.4) is 0 Å². The third-order valence-electron chi connectivity index (χ3n) is 5.47. The number of piperazine rings is 1. The minimum atomic E-state index is -0.142. The van der Waals surface area contributed by atoms with Crippen molar-refractivity contribution in [3.05, 3.63) is 0 Å². The number of nitrogens with zero attached hydrogens (tertiary/aromatic N) is 3. The lowest BCUT2D eigenvalue weighted by Crippen LogP contribution is -2.66. The molecule has 0 aliphatic carbocycles. The van der Waals surface area contributed by atoms with Crippen LogP contribution in [0.1, 0.15) is 25.7 Å². The van der Waals surface area contributed by atoms with Crippen molar-refractivity contribution >= 4 is 11.8 Å². The van der Waals surface area contributed by atoms with Crippen molar-refractivity contribution in [1.29, 1.82) is 0 Å². The Morgan fingerprint density at radius 1 is 0.947 bits per heavy atom. The first-order valence-corrected chi connectivity index (χ1v) is 7.56. The second kappa shape index (κ2) is 4.20. The number of carbonyl (C=O) groups is 2. The summed E-state index contributed by atoms with van der Waals surface area (Å²) in [7, 11) is 0. The summed E-state index contributed by atoms with van der Waals surface area (Å²) in [5.41, 5.74) is 0. The molecule has 5 rings (SSSR count). The average molecular weight is 263 g/mol. The van der Waals surface area contributed by atoms with Gasteiger partial charge in [0.25, 0.3) is 0 Å². The molecule has 0 N–H and O–H groups in total. The molecule has 5 aliphatic rings. The fourth-order valence-corrected chi connectivity index (χ4v) is 4.40. The Kier molecular flexibility index (Phi) is 2.59. The van der Waals surface area contributed by atoms with Crippen molar-refractivity contribution in [3.8, 4) is 0 Å². The molecule has 2 unspecified atom stereocenters. The van der Waals surface area contributed by atoms with Crippen LogP contribution in [0.15, 0.2) is 0 Å². The van der Waals surface area contributed by atoms with Gasteiger partial charge in [0, 0.05) is 19.1 Å². The zero-order chi connectivity index (χ0) is 13.0. The lowest BCUT2D eigenvalue weighted by atomic mass is 9.82. The van der Waals surface area contributed by atoms with Gasteiger partial charge in [-0.25, -0.2) is 0 Å². The Morgan fingerprint density at radius 2 is 1.74 bits per heavy atom. The topological polar surface area (TPSA) is 43.9 Å². The number of fused-ring (bicyclic) bond motifs is 4. The molecular weight excluding hydrogens is 242 g/mol. The molecule has 0 saturated carbocycles. The molecule has 5 aliphatic heterocycles. The van der Waals surface area contributed by atoms with Gasteiger partial charge >= 0.3 is 0 Å². The summed E-state index contributed by atoms with van der Waals surface area (Å²) in [6, 6.07) is 0.151. The zero-order valence-corrected chi connectivity index (χ0v) is 11.3. The number of hydrogen-bond acceptors (Lipinski definition) is 3.